The normalized spacial score (nSPS) is 11.3. The van der Waals surface area contributed by atoms with E-state index in [-0.39, 0.29) is 24.0 Å². The van der Waals surface area contributed by atoms with Crippen molar-refractivity contribution in [3.05, 3.63) is 39.7 Å². The largest absolute Gasteiger partial charge is 0.469 e. The van der Waals surface area contributed by atoms with Gasteiger partial charge in [-0.15, -0.1) is 35.3 Å². The van der Waals surface area contributed by atoms with Crippen LogP contribution in [0.3, 0.4) is 0 Å². The molecular weight excluding hydrogens is 475 g/mol. The molecule has 8 heteroatoms. The van der Waals surface area contributed by atoms with Crippen LogP contribution >= 0.6 is 35.3 Å². The standard InChI is InChI=1S/C19H30N4O2S.HI/c1-4-24-13-6-10-20-19(21-11-8-17-7-5-14-25-17)22-12-9-18-23-15(2)16(3)26-18;/h5,7,14H,4,6,8-13H2,1-3H3,(H2,20,21,22);1H. The highest BCUT2D eigenvalue weighted by Gasteiger charge is 2.05. The van der Waals surface area contributed by atoms with E-state index in [9.17, 15) is 0 Å². The molecule has 2 N–H and O–H groups in total. The maximum Gasteiger partial charge on any atom is 0.191 e. The summed E-state index contributed by atoms with van der Waals surface area (Å²) in [5, 5.41) is 7.94. The first kappa shape index (κ1) is 23.9. The molecule has 0 fully saturated rings. The van der Waals surface area contributed by atoms with Crippen molar-refractivity contribution in [2.75, 3.05) is 32.8 Å². The molecule has 0 saturated carbocycles. The van der Waals surface area contributed by atoms with Crippen molar-refractivity contribution in [2.24, 2.45) is 4.99 Å². The van der Waals surface area contributed by atoms with Crippen molar-refractivity contribution >= 4 is 41.3 Å². The van der Waals surface area contributed by atoms with Gasteiger partial charge in [0.25, 0.3) is 0 Å². The fourth-order valence-corrected chi connectivity index (χ4v) is 3.30. The second-order valence-electron chi connectivity index (χ2n) is 5.96. The minimum atomic E-state index is 0. The van der Waals surface area contributed by atoms with Crippen molar-refractivity contribution in [3.8, 4) is 0 Å². The van der Waals surface area contributed by atoms with Gasteiger partial charge in [-0.25, -0.2) is 4.98 Å². The lowest BCUT2D eigenvalue weighted by atomic mass is 10.3. The summed E-state index contributed by atoms with van der Waals surface area (Å²) in [7, 11) is 0. The summed E-state index contributed by atoms with van der Waals surface area (Å²) in [6, 6.07) is 3.90. The van der Waals surface area contributed by atoms with Crippen molar-refractivity contribution in [1.82, 2.24) is 15.6 Å². The van der Waals surface area contributed by atoms with Gasteiger partial charge in [-0.05, 0) is 39.3 Å². The van der Waals surface area contributed by atoms with Crippen LogP contribution in [0.15, 0.2) is 27.8 Å². The lowest BCUT2D eigenvalue weighted by Gasteiger charge is -2.12. The molecule has 0 unspecified atom stereocenters. The molecule has 2 heterocycles. The van der Waals surface area contributed by atoms with Gasteiger partial charge >= 0.3 is 0 Å². The summed E-state index contributed by atoms with van der Waals surface area (Å²) in [6.45, 7) is 10.0. The number of guanidine groups is 1. The zero-order chi connectivity index (χ0) is 18.6. The molecule has 0 saturated heterocycles. The van der Waals surface area contributed by atoms with Gasteiger partial charge < -0.3 is 19.8 Å². The average molecular weight is 506 g/mol. The van der Waals surface area contributed by atoms with Gasteiger partial charge in [0.1, 0.15) is 5.76 Å². The Morgan fingerprint density at radius 3 is 2.67 bits per heavy atom. The summed E-state index contributed by atoms with van der Waals surface area (Å²) in [5.74, 6) is 1.81. The van der Waals surface area contributed by atoms with Gasteiger partial charge in [0.05, 0.1) is 17.0 Å². The van der Waals surface area contributed by atoms with E-state index < -0.39 is 0 Å². The lowest BCUT2D eigenvalue weighted by Crippen LogP contribution is -2.39. The van der Waals surface area contributed by atoms with Crippen molar-refractivity contribution in [2.45, 2.75) is 40.0 Å². The van der Waals surface area contributed by atoms with E-state index in [1.165, 1.54) is 9.88 Å². The molecule has 152 valence electrons. The molecule has 0 radical (unpaired) electrons. The number of thiazole rings is 1. The van der Waals surface area contributed by atoms with E-state index in [4.69, 9.17) is 9.15 Å². The number of aromatic nitrogens is 1. The summed E-state index contributed by atoms with van der Waals surface area (Å²) < 4.78 is 10.7. The Balaban J connectivity index is 0.00000364. The molecule has 0 atom stereocenters. The zero-order valence-electron chi connectivity index (χ0n) is 16.4. The van der Waals surface area contributed by atoms with Crippen LogP contribution in [0, 0.1) is 13.8 Å². The Labute approximate surface area is 183 Å². The fraction of sp³-hybridized carbons (Fsp3) is 0.579. The SMILES string of the molecule is CCOCCCN=C(NCCc1ccco1)NCCc1nc(C)c(C)s1.I. The molecule has 6 nitrogen and oxygen atoms in total. The maximum atomic E-state index is 5.37. The fourth-order valence-electron chi connectivity index (χ4n) is 2.37. The van der Waals surface area contributed by atoms with Gasteiger partial charge in [0.2, 0.25) is 0 Å². The second-order valence-corrected chi connectivity index (χ2v) is 7.25. The van der Waals surface area contributed by atoms with Crippen LogP contribution < -0.4 is 10.6 Å². The van der Waals surface area contributed by atoms with Crippen LogP contribution in [0.4, 0.5) is 0 Å². The molecule has 2 aromatic heterocycles. The van der Waals surface area contributed by atoms with Crippen LogP contribution in [-0.4, -0.2) is 43.8 Å². The Hall–Kier alpha value is -1.13. The Morgan fingerprint density at radius 1 is 1.26 bits per heavy atom. The number of hydrogen-bond donors (Lipinski definition) is 2. The summed E-state index contributed by atoms with van der Waals surface area (Å²) in [5.41, 5.74) is 1.13. The molecular formula is C19H31IN4O2S. The molecule has 0 aliphatic heterocycles. The van der Waals surface area contributed by atoms with E-state index in [1.54, 1.807) is 17.6 Å². The number of ether oxygens (including phenoxy) is 1. The number of aliphatic imine (C=N–C) groups is 1. The Bertz CT molecular complexity index is 639. The van der Waals surface area contributed by atoms with Gasteiger partial charge in [-0.2, -0.15) is 0 Å². The van der Waals surface area contributed by atoms with Crippen LogP contribution in [0.5, 0.6) is 0 Å². The van der Waals surface area contributed by atoms with Crippen molar-refractivity contribution in [1.29, 1.82) is 0 Å². The molecule has 0 bridgehead atoms. The molecule has 0 aliphatic rings. The monoisotopic (exact) mass is 506 g/mol. The number of aryl methyl sites for hydroxylation is 2. The number of halogens is 1. The molecule has 2 aromatic rings. The first-order chi connectivity index (χ1) is 12.7. The number of rotatable bonds is 11. The quantitative estimate of drug-likeness (QED) is 0.211. The third-order valence-electron chi connectivity index (χ3n) is 3.87. The van der Waals surface area contributed by atoms with E-state index in [0.29, 0.717) is 0 Å². The summed E-state index contributed by atoms with van der Waals surface area (Å²) in [6.07, 6.45) is 4.35. The maximum absolute atomic E-state index is 5.37. The van der Waals surface area contributed by atoms with Crippen molar-refractivity contribution in [3.63, 3.8) is 0 Å². The predicted octanol–water partition coefficient (Wildman–Crippen LogP) is 3.72. The summed E-state index contributed by atoms with van der Waals surface area (Å²) >= 11 is 1.77. The molecule has 2 rings (SSSR count). The van der Waals surface area contributed by atoms with E-state index in [0.717, 1.165) is 69.5 Å². The molecule has 0 spiro atoms. The van der Waals surface area contributed by atoms with Crippen LogP contribution in [0.25, 0.3) is 0 Å². The molecule has 0 aromatic carbocycles. The minimum Gasteiger partial charge on any atom is -0.469 e. The first-order valence-corrected chi connectivity index (χ1v) is 10.1. The van der Waals surface area contributed by atoms with E-state index in [2.05, 4.69) is 34.5 Å². The van der Waals surface area contributed by atoms with Crippen LogP contribution in [-0.2, 0) is 17.6 Å². The summed E-state index contributed by atoms with van der Waals surface area (Å²) in [4.78, 5) is 10.5. The second kappa shape index (κ2) is 14.0. The van der Waals surface area contributed by atoms with Gasteiger partial charge in [-0.1, -0.05) is 0 Å². The van der Waals surface area contributed by atoms with E-state index >= 15 is 0 Å². The van der Waals surface area contributed by atoms with Gasteiger partial charge in [0.15, 0.2) is 5.96 Å². The highest BCUT2D eigenvalue weighted by molar-refractivity contribution is 14.0. The predicted molar refractivity (Wildman–Crippen MR) is 123 cm³/mol. The molecule has 27 heavy (non-hydrogen) atoms. The minimum absolute atomic E-state index is 0. The third-order valence-corrected chi connectivity index (χ3v) is 5.00. The number of furan rings is 1. The zero-order valence-corrected chi connectivity index (χ0v) is 19.6. The topological polar surface area (TPSA) is 71.7 Å². The highest BCUT2D eigenvalue weighted by atomic mass is 127. The lowest BCUT2D eigenvalue weighted by molar-refractivity contribution is 0.146. The average Bonchev–Trinajstić information content (AvgIpc) is 3.24. The smallest absolute Gasteiger partial charge is 0.191 e. The van der Waals surface area contributed by atoms with Gasteiger partial charge in [-0.3, -0.25) is 4.99 Å². The number of hydrogen-bond acceptors (Lipinski definition) is 5. The first-order valence-electron chi connectivity index (χ1n) is 9.24. The number of nitrogens with one attached hydrogen (secondary N) is 2. The van der Waals surface area contributed by atoms with E-state index in [1.807, 2.05) is 19.1 Å². The van der Waals surface area contributed by atoms with Gasteiger partial charge in [0, 0.05) is 50.6 Å². The molecule has 0 amide bonds. The van der Waals surface area contributed by atoms with Crippen LogP contribution in [0.1, 0.15) is 34.7 Å². The van der Waals surface area contributed by atoms with Crippen molar-refractivity contribution < 1.29 is 9.15 Å². The Kier molecular flexibility index (Phi) is 12.4. The molecule has 0 aliphatic carbocycles. The highest BCUT2D eigenvalue weighted by Crippen LogP contribution is 2.16. The van der Waals surface area contributed by atoms with Crippen LogP contribution in [0.2, 0.25) is 0 Å². The number of nitrogens with zero attached hydrogens (tertiary/aromatic N) is 2. The third kappa shape index (κ3) is 9.57. The Morgan fingerprint density at radius 2 is 2.04 bits per heavy atom.